The van der Waals surface area contributed by atoms with Crippen LogP contribution in [-0.2, 0) is 4.79 Å². The highest BCUT2D eigenvalue weighted by Gasteiger charge is 2.06. The van der Waals surface area contributed by atoms with Gasteiger partial charge in [-0.2, -0.15) is 0 Å². The van der Waals surface area contributed by atoms with Crippen molar-refractivity contribution in [1.29, 1.82) is 0 Å². The first kappa shape index (κ1) is 13.9. The molecular weight excluding hydrogens is 263 g/mol. The van der Waals surface area contributed by atoms with Gasteiger partial charge in [0.05, 0.1) is 10.0 Å². The molecule has 1 rings (SSSR count). The molecular formula is C10H14Cl2N4O. The van der Waals surface area contributed by atoms with E-state index >= 15 is 0 Å². The summed E-state index contributed by atoms with van der Waals surface area (Å²) in [4.78, 5) is 14.5. The van der Waals surface area contributed by atoms with Gasteiger partial charge in [0, 0.05) is 13.0 Å². The minimum Gasteiger partial charge on any atom is -0.382 e. The minimum atomic E-state index is -0.295. The molecule has 0 aliphatic carbocycles. The quantitative estimate of drug-likeness (QED) is 0.693. The fourth-order valence-corrected chi connectivity index (χ4v) is 1.66. The predicted molar refractivity (Wildman–Crippen MR) is 70.2 cm³/mol. The molecule has 5 nitrogen and oxygen atoms in total. The molecule has 0 radical (unpaired) electrons. The van der Waals surface area contributed by atoms with Gasteiger partial charge in [0.15, 0.2) is 0 Å². The highest BCUT2D eigenvalue weighted by Crippen LogP contribution is 2.27. The van der Waals surface area contributed by atoms with Crippen LogP contribution in [0.1, 0.15) is 19.3 Å². The van der Waals surface area contributed by atoms with Gasteiger partial charge >= 0.3 is 0 Å². The molecule has 0 fully saturated rings. The zero-order chi connectivity index (χ0) is 12.8. The second kappa shape index (κ2) is 6.51. The van der Waals surface area contributed by atoms with Crippen LogP contribution in [0.5, 0.6) is 0 Å². The summed E-state index contributed by atoms with van der Waals surface area (Å²) in [5.41, 5.74) is 10.6. The van der Waals surface area contributed by atoms with Crippen molar-refractivity contribution in [2.45, 2.75) is 19.3 Å². The Bertz CT molecular complexity index is 412. The Balaban J connectivity index is 2.41. The Morgan fingerprint density at radius 2 is 2.06 bits per heavy atom. The second-order valence-corrected chi connectivity index (χ2v) is 4.35. The van der Waals surface area contributed by atoms with Crippen LogP contribution in [0.25, 0.3) is 0 Å². The molecule has 1 heterocycles. The van der Waals surface area contributed by atoms with Crippen molar-refractivity contribution in [3.05, 3.63) is 16.1 Å². The highest BCUT2D eigenvalue weighted by molar-refractivity contribution is 6.37. The first-order valence-electron chi connectivity index (χ1n) is 5.14. The van der Waals surface area contributed by atoms with E-state index in [2.05, 4.69) is 10.3 Å². The number of rotatable bonds is 6. The van der Waals surface area contributed by atoms with Crippen LogP contribution in [-0.4, -0.2) is 17.4 Å². The number of hydrogen-bond donors (Lipinski definition) is 3. The fourth-order valence-electron chi connectivity index (χ4n) is 1.24. The lowest BCUT2D eigenvalue weighted by atomic mass is 10.2. The van der Waals surface area contributed by atoms with Crippen LogP contribution in [0.2, 0.25) is 10.0 Å². The van der Waals surface area contributed by atoms with E-state index in [-0.39, 0.29) is 11.7 Å². The number of carbonyl (C=O) groups is 1. The molecule has 17 heavy (non-hydrogen) atoms. The summed E-state index contributed by atoms with van der Waals surface area (Å²) in [6, 6.07) is 1.54. The Morgan fingerprint density at radius 3 is 2.71 bits per heavy atom. The van der Waals surface area contributed by atoms with Crippen LogP contribution in [0.3, 0.4) is 0 Å². The normalized spacial score (nSPS) is 10.2. The lowest BCUT2D eigenvalue weighted by Gasteiger charge is -2.08. The molecule has 0 aromatic carbocycles. The van der Waals surface area contributed by atoms with E-state index in [1.54, 1.807) is 0 Å². The summed E-state index contributed by atoms with van der Waals surface area (Å²) in [6.07, 6.45) is 1.90. The Kier molecular flexibility index (Phi) is 5.31. The summed E-state index contributed by atoms with van der Waals surface area (Å²) < 4.78 is 0. The van der Waals surface area contributed by atoms with Crippen molar-refractivity contribution in [2.24, 2.45) is 5.73 Å². The summed E-state index contributed by atoms with van der Waals surface area (Å²) in [6.45, 7) is 0.640. The number of pyridine rings is 1. The maximum Gasteiger partial charge on any atom is 0.217 e. The standard InChI is InChI=1S/C10H14Cl2N4O/c11-6-5-7(12)10(16-9(6)14)15-4-2-1-3-8(13)17/h5H,1-4H2,(H2,13,17)(H3,14,15,16). The first-order valence-corrected chi connectivity index (χ1v) is 5.90. The van der Waals surface area contributed by atoms with E-state index in [0.717, 1.165) is 12.8 Å². The van der Waals surface area contributed by atoms with E-state index in [4.69, 9.17) is 34.7 Å². The molecule has 0 saturated carbocycles. The van der Waals surface area contributed by atoms with E-state index in [0.29, 0.717) is 28.8 Å². The molecule has 0 atom stereocenters. The lowest BCUT2D eigenvalue weighted by Crippen LogP contribution is -2.11. The van der Waals surface area contributed by atoms with E-state index in [9.17, 15) is 4.79 Å². The van der Waals surface area contributed by atoms with Crippen molar-refractivity contribution in [3.63, 3.8) is 0 Å². The van der Waals surface area contributed by atoms with Gasteiger partial charge in [0.1, 0.15) is 11.6 Å². The van der Waals surface area contributed by atoms with Crippen molar-refractivity contribution < 1.29 is 4.79 Å². The number of halogens is 2. The maximum atomic E-state index is 10.5. The van der Waals surface area contributed by atoms with Gasteiger partial charge in [0.2, 0.25) is 5.91 Å². The van der Waals surface area contributed by atoms with Crippen LogP contribution in [0, 0.1) is 0 Å². The molecule has 1 aromatic heterocycles. The zero-order valence-electron chi connectivity index (χ0n) is 9.17. The molecule has 0 spiro atoms. The average molecular weight is 277 g/mol. The summed E-state index contributed by atoms with van der Waals surface area (Å²) in [5.74, 6) is 0.431. The van der Waals surface area contributed by atoms with Gasteiger partial charge in [-0.05, 0) is 18.9 Å². The number of amides is 1. The third-order valence-electron chi connectivity index (χ3n) is 2.10. The van der Waals surface area contributed by atoms with Gasteiger partial charge < -0.3 is 16.8 Å². The largest absolute Gasteiger partial charge is 0.382 e. The Morgan fingerprint density at radius 1 is 1.35 bits per heavy atom. The van der Waals surface area contributed by atoms with Crippen molar-refractivity contribution >= 4 is 40.7 Å². The number of nitrogens with one attached hydrogen (secondary N) is 1. The predicted octanol–water partition coefficient (Wildman–Crippen LogP) is 2.04. The van der Waals surface area contributed by atoms with Gasteiger partial charge in [-0.25, -0.2) is 4.98 Å². The summed E-state index contributed by atoms with van der Waals surface area (Å²) >= 11 is 11.7. The zero-order valence-corrected chi connectivity index (χ0v) is 10.7. The van der Waals surface area contributed by atoms with Gasteiger partial charge in [-0.15, -0.1) is 0 Å². The number of hydrogen-bond acceptors (Lipinski definition) is 4. The van der Waals surface area contributed by atoms with Crippen molar-refractivity contribution in [1.82, 2.24) is 4.98 Å². The SMILES string of the molecule is NC(=O)CCCCNc1nc(N)c(Cl)cc1Cl. The van der Waals surface area contributed by atoms with Crippen LogP contribution in [0.4, 0.5) is 11.6 Å². The number of unbranched alkanes of at least 4 members (excludes halogenated alkanes) is 1. The van der Waals surface area contributed by atoms with E-state index in [1.165, 1.54) is 6.07 Å². The number of primary amides is 1. The number of nitrogen functional groups attached to an aromatic ring is 1. The maximum absolute atomic E-state index is 10.5. The van der Waals surface area contributed by atoms with Crippen molar-refractivity contribution in [3.8, 4) is 0 Å². The topological polar surface area (TPSA) is 94.0 Å². The average Bonchev–Trinajstić information content (AvgIpc) is 2.24. The smallest absolute Gasteiger partial charge is 0.217 e. The summed E-state index contributed by atoms with van der Waals surface area (Å²) in [7, 11) is 0. The molecule has 7 heteroatoms. The lowest BCUT2D eigenvalue weighted by molar-refractivity contribution is -0.118. The van der Waals surface area contributed by atoms with Crippen LogP contribution in [0.15, 0.2) is 6.07 Å². The minimum absolute atomic E-state index is 0.232. The molecule has 0 saturated heterocycles. The van der Waals surface area contributed by atoms with Crippen LogP contribution >= 0.6 is 23.2 Å². The molecule has 0 unspecified atom stereocenters. The molecule has 0 bridgehead atoms. The monoisotopic (exact) mass is 276 g/mol. The highest BCUT2D eigenvalue weighted by atomic mass is 35.5. The van der Waals surface area contributed by atoms with Gasteiger partial charge in [-0.1, -0.05) is 23.2 Å². The first-order chi connectivity index (χ1) is 8.00. The van der Waals surface area contributed by atoms with Crippen molar-refractivity contribution in [2.75, 3.05) is 17.6 Å². The van der Waals surface area contributed by atoms with E-state index in [1.807, 2.05) is 0 Å². The molecule has 94 valence electrons. The van der Waals surface area contributed by atoms with Gasteiger partial charge in [0.25, 0.3) is 0 Å². The summed E-state index contributed by atoms with van der Waals surface area (Å²) in [5, 5.41) is 3.76. The number of anilines is 2. The fraction of sp³-hybridized carbons (Fsp3) is 0.400. The third kappa shape index (κ3) is 4.66. The van der Waals surface area contributed by atoms with Crippen LogP contribution < -0.4 is 16.8 Å². The molecule has 5 N–H and O–H groups in total. The number of nitrogens with two attached hydrogens (primary N) is 2. The number of aromatic nitrogens is 1. The molecule has 0 aliphatic rings. The Hall–Kier alpha value is -1.20. The molecule has 1 aromatic rings. The molecule has 0 aliphatic heterocycles. The molecule has 1 amide bonds. The Labute approximate surface area is 109 Å². The van der Waals surface area contributed by atoms with Gasteiger partial charge in [-0.3, -0.25) is 4.79 Å². The third-order valence-corrected chi connectivity index (χ3v) is 2.69. The number of carbonyl (C=O) groups excluding carboxylic acids is 1. The second-order valence-electron chi connectivity index (χ2n) is 3.54. The number of nitrogens with zero attached hydrogens (tertiary/aromatic N) is 1. The van der Waals surface area contributed by atoms with E-state index < -0.39 is 0 Å².